The zero-order chi connectivity index (χ0) is 29.6. The Morgan fingerprint density at radius 2 is 1.81 bits per heavy atom. The quantitative estimate of drug-likeness (QED) is 0.332. The van der Waals surface area contributed by atoms with Crippen LogP contribution in [0.4, 0.5) is 5.69 Å². The average Bonchev–Trinajstić information content (AvgIpc) is 3.55. The number of benzene rings is 2. The monoisotopic (exact) mass is 583 g/mol. The molecule has 43 heavy (non-hydrogen) atoms. The van der Waals surface area contributed by atoms with Crippen LogP contribution in [0.3, 0.4) is 0 Å². The molecule has 0 aromatic heterocycles. The largest absolute Gasteiger partial charge is 0.492 e. The van der Waals surface area contributed by atoms with Gasteiger partial charge in [-0.05, 0) is 63.2 Å². The Morgan fingerprint density at radius 3 is 2.60 bits per heavy atom. The summed E-state index contributed by atoms with van der Waals surface area (Å²) in [4.78, 5) is 41.4. The predicted molar refractivity (Wildman–Crippen MR) is 164 cm³/mol. The molecule has 5 aliphatic rings. The molecule has 3 amide bonds. The molecule has 7 rings (SSSR count). The highest BCUT2D eigenvalue weighted by Crippen LogP contribution is 2.49. The van der Waals surface area contributed by atoms with E-state index >= 15 is 0 Å². The van der Waals surface area contributed by atoms with Gasteiger partial charge in [0.25, 0.3) is 5.91 Å². The molecule has 4 aliphatic heterocycles. The lowest BCUT2D eigenvalue weighted by atomic mass is 9.74. The zero-order valence-corrected chi connectivity index (χ0v) is 24.8. The number of para-hydroxylation sites is 1. The standard InChI is InChI=1S/C34H41N5O4/c35-27(24-8-4-5-9-28(24)36-18-22-6-2-1-3-7-22)20-38-16-14-34(15-17-38)21-43-31-25-19-39(29-12-13-30(40)37-32(29)41)33(42)23(25)10-11-26(31)34/h4-5,8-11,22,29,35-36H,1-3,6-7,12-21H2,(H,37,40,41). The molecule has 2 aromatic carbocycles. The highest BCUT2D eigenvalue weighted by atomic mass is 16.5. The van der Waals surface area contributed by atoms with Crippen molar-refractivity contribution in [2.24, 2.45) is 5.92 Å². The number of nitrogens with zero attached hydrogens (tertiary/aromatic N) is 2. The molecule has 2 aromatic rings. The van der Waals surface area contributed by atoms with Gasteiger partial charge in [0.15, 0.2) is 0 Å². The van der Waals surface area contributed by atoms with Crippen LogP contribution in [-0.2, 0) is 21.5 Å². The molecule has 9 heteroatoms. The number of likely N-dealkylation sites (tertiary alicyclic amines) is 1. The van der Waals surface area contributed by atoms with Crippen molar-refractivity contribution in [3.63, 3.8) is 0 Å². The molecular weight excluding hydrogens is 542 g/mol. The van der Waals surface area contributed by atoms with Gasteiger partial charge in [-0.3, -0.25) is 24.6 Å². The molecule has 2 saturated heterocycles. The third kappa shape index (κ3) is 5.22. The van der Waals surface area contributed by atoms with Gasteiger partial charge in [0, 0.05) is 52.9 Å². The molecule has 1 saturated carbocycles. The Kier molecular flexibility index (Phi) is 7.45. The summed E-state index contributed by atoms with van der Waals surface area (Å²) in [6, 6.07) is 11.6. The summed E-state index contributed by atoms with van der Waals surface area (Å²) < 4.78 is 6.34. The van der Waals surface area contributed by atoms with Crippen LogP contribution in [0.1, 0.15) is 84.8 Å². The molecule has 1 aliphatic carbocycles. The van der Waals surface area contributed by atoms with Crippen LogP contribution in [-0.4, -0.2) is 72.1 Å². The maximum Gasteiger partial charge on any atom is 0.255 e. The molecule has 3 fully saturated rings. The smallest absolute Gasteiger partial charge is 0.255 e. The van der Waals surface area contributed by atoms with E-state index in [1.165, 1.54) is 32.1 Å². The number of amides is 3. The molecule has 1 unspecified atom stereocenters. The molecule has 226 valence electrons. The Balaban J connectivity index is 0.996. The number of anilines is 1. The number of piperidine rings is 2. The summed E-state index contributed by atoms with van der Waals surface area (Å²) in [5.74, 6) is 0.685. The van der Waals surface area contributed by atoms with E-state index in [0.717, 1.165) is 66.5 Å². The van der Waals surface area contributed by atoms with Crippen LogP contribution in [0.15, 0.2) is 36.4 Å². The summed E-state index contributed by atoms with van der Waals surface area (Å²) in [6.45, 7) is 4.27. The van der Waals surface area contributed by atoms with Gasteiger partial charge < -0.3 is 20.4 Å². The van der Waals surface area contributed by atoms with E-state index in [2.05, 4.69) is 39.8 Å². The van der Waals surface area contributed by atoms with E-state index in [1.54, 1.807) is 4.90 Å². The first-order chi connectivity index (χ1) is 20.9. The van der Waals surface area contributed by atoms with Gasteiger partial charge in [-0.1, -0.05) is 43.5 Å². The van der Waals surface area contributed by atoms with Crippen molar-refractivity contribution in [1.82, 2.24) is 15.1 Å². The summed E-state index contributed by atoms with van der Waals surface area (Å²) in [5, 5.41) is 15.0. The molecule has 4 heterocycles. The first-order valence-electron chi connectivity index (χ1n) is 16.0. The topological polar surface area (TPSA) is 115 Å². The van der Waals surface area contributed by atoms with Crippen molar-refractivity contribution in [2.75, 3.05) is 38.1 Å². The minimum absolute atomic E-state index is 0.104. The highest BCUT2D eigenvalue weighted by molar-refractivity contribution is 6.06. The van der Waals surface area contributed by atoms with Crippen LogP contribution in [0, 0.1) is 11.3 Å². The fourth-order valence-corrected chi connectivity index (χ4v) is 7.89. The van der Waals surface area contributed by atoms with E-state index in [-0.39, 0.29) is 23.7 Å². The van der Waals surface area contributed by atoms with Crippen LogP contribution < -0.4 is 15.4 Å². The van der Waals surface area contributed by atoms with Gasteiger partial charge in [-0.2, -0.15) is 0 Å². The lowest BCUT2D eigenvalue weighted by Gasteiger charge is -2.38. The van der Waals surface area contributed by atoms with Gasteiger partial charge in [0.05, 0.1) is 18.9 Å². The van der Waals surface area contributed by atoms with Crippen molar-refractivity contribution in [3.05, 3.63) is 58.7 Å². The van der Waals surface area contributed by atoms with E-state index in [1.807, 2.05) is 12.1 Å². The number of imide groups is 1. The maximum atomic E-state index is 13.3. The summed E-state index contributed by atoms with van der Waals surface area (Å²) in [5.41, 5.74) is 5.24. The first-order valence-corrected chi connectivity index (χ1v) is 16.0. The molecule has 3 N–H and O–H groups in total. The number of carbonyl (C=O) groups excluding carboxylic acids is 3. The van der Waals surface area contributed by atoms with Crippen LogP contribution in [0.25, 0.3) is 0 Å². The van der Waals surface area contributed by atoms with Gasteiger partial charge in [-0.15, -0.1) is 0 Å². The third-order valence-electron chi connectivity index (χ3n) is 10.5. The number of rotatable bonds is 7. The zero-order valence-electron chi connectivity index (χ0n) is 24.8. The third-order valence-corrected chi connectivity index (χ3v) is 10.5. The van der Waals surface area contributed by atoms with Crippen LogP contribution >= 0.6 is 0 Å². The highest BCUT2D eigenvalue weighted by Gasteiger charge is 2.47. The van der Waals surface area contributed by atoms with Crippen LogP contribution in [0.2, 0.25) is 0 Å². The molecular formula is C34H41N5O4. The van der Waals surface area contributed by atoms with E-state index < -0.39 is 11.9 Å². The molecule has 1 spiro atoms. The van der Waals surface area contributed by atoms with Gasteiger partial charge >= 0.3 is 0 Å². The second-order valence-corrected chi connectivity index (χ2v) is 13.1. The Morgan fingerprint density at radius 1 is 1.02 bits per heavy atom. The van der Waals surface area contributed by atoms with E-state index in [4.69, 9.17) is 10.1 Å². The van der Waals surface area contributed by atoms with Gasteiger partial charge in [-0.25, -0.2) is 0 Å². The molecule has 0 radical (unpaired) electrons. The first kappa shape index (κ1) is 28.1. The SMILES string of the molecule is N=C(CN1CCC2(CC1)COc1c2ccc2c1CN(C1CCC(=O)NC1=O)C2=O)c1ccccc1NCC1CCCCC1. The number of ether oxygens (including phenoxy) is 1. The summed E-state index contributed by atoms with van der Waals surface area (Å²) >= 11 is 0. The second kappa shape index (κ2) is 11.4. The van der Waals surface area contributed by atoms with Crippen molar-refractivity contribution >= 4 is 29.1 Å². The minimum Gasteiger partial charge on any atom is -0.492 e. The lowest BCUT2D eigenvalue weighted by molar-refractivity contribution is -0.136. The number of hydrogen-bond donors (Lipinski definition) is 3. The summed E-state index contributed by atoms with van der Waals surface area (Å²) in [7, 11) is 0. The Hall–Kier alpha value is -3.72. The van der Waals surface area contributed by atoms with Crippen molar-refractivity contribution < 1.29 is 19.1 Å². The Labute approximate surface area is 252 Å². The maximum absolute atomic E-state index is 13.3. The summed E-state index contributed by atoms with van der Waals surface area (Å²) in [6.07, 6.45) is 9.06. The number of fused-ring (bicyclic) bond motifs is 4. The average molecular weight is 584 g/mol. The van der Waals surface area contributed by atoms with Crippen molar-refractivity contribution in [1.29, 1.82) is 5.41 Å². The van der Waals surface area contributed by atoms with E-state index in [0.29, 0.717) is 37.4 Å². The number of carbonyl (C=O) groups is 3. The van der Waals surface area contributed by atoms with Gasteiger partial charge in [0.1, 0.15) is 11.8 Å². The fraction of sp³-hybridized carbons (Fsp3) is 0.529. The van der Waals surface area contributed by atoms with Crippen LogP contribution in [0.5, 0.6) is 5.75 Å². The number of hydrogen-bond acceptors (Lipinski definition) is 7. The van der Waals surface area contributed by atoms with Crippen molar-refractivity contribution in [2.45, 2.75) is 75.8 Å². The van der Waals surface area contributed by atoms with Crippen molar-refractivity contribution in [3.8, 4) is 5.75 Å². The minimum atomic E-state index is -0.630. The fourth-order valence-electron chi connectivity index (χ4n) is 7.89. The Bertz CT molecular complexity index is 1460. The van der Waals surface area contributed by atoms with Gasteiger partial charge in [0.2, 0.25) is 11.8 Å². The molecule has 1 atom stereocenters. The number of nitrogens with one attached hydrogen (secondary N) is 3. The lowest BCUT2D eigenvalue weighted by Crippen LogP contribution is -2.52. The van der Waals surface area contributed by atoms with E-state index in [9.17, 15) is 14.4 Å². The second-order valence-electron chi connectivity index (χ2n) is 13.1. The normalized spacial score (nSPS) is 23.6. The predicted octanol–water partition coefficient (Wildman–Crippen LogP) is 4.23. The molecule has 0 bridgehead atoms. The molecule has 9 nitrogen and oxygen atoms in total.